The highest BCUT2D eigenvalue weighted by Crippen LogP contribution is 2.05. The summed E-state index contributed by atoms with van der Waals surface area (Å²) in [7, 11) is 0. The molecule has 1 aromatic rings. The summed E-state index contributed by atoms with van der Waals surface area (Å²) in [6.45, 7) is 0.000374. The summed E-state index contributed by atoms with van der Waals surface area (Å²) >= 11 is 0. The smallest absolute Gasteiger partial charge is 0.326 e. The van der Waals surface area contributed by atoms with Crippen LogP contribution in [-0.2, 0) is 20.8 Å². The molecule has 0 aliphatic carbocycles. The second kappa shape index (κ2) is 10.1. The van der Waals surface area contributed by atoms with Gasteiger partial charge in [-0.2, -0.15) is 0 Å². The summed E-state index contributed by atoms with van der Waals surface area (Å²) in [6, 6.07) is 8.09. The number of nitrogens with one attached hydrogen (secondary N) is 1. The molecule has 23 heavy (non-hydrogen) atoms. The Hall–Kier alpha value is -2.64. The van der Waals surface area contributed by atoms with Crippen LogP contribution in [0.5, 0.6) is 0 Å². The fourth-order valence-electron chi connectivity index (χ4n) is 2.02. The maximum Gasteiger partial charge on any atom is 0.326 e. The van der Waals surface area contributed by atoms with E-state index in [0.717, 1.165) is 5.56 Å². The summed E-state index contributed by atoms with van der Waals surface area (Å²) < 4.78 is 0. The number of carbonyl (C=O) groups is 2. The zero-order valence-corrected chi connectivity index (χ0v) is 12.6. The Bertz CT molecular complexity index is 520. The molecule has 1 amide bonds. The molecular weight excluding hydrogens is 304 g/mol. The topological polar surface area (TPSA) is 119 Å². The first-order valence-electron chi connectivity index (χ1n) is 7.32. The molecule has 8 nitrogen and oxygen atoms in total. The van der Waals surface area contributed by atoms with Gasteiger partial charge in [-0.1, -0.05) is 36.8 Å². The van der Waals surface area contributed by atoms with Gasteiger partial charge in [-0.15, -0.1) is 10.1 Å². The zero-order valence-electron chi connectivity index (χ0n) is 12.6. The first-order chi connectivity index (χ1) is 11.0. The number of rotatable bonds is 11. The molecule has 126 valence electrons. The van der Waals surface area contributed by atoms with Crippen LogP contribution in [0.3, 0.4) is 0 Å². The van der Waals surface area contributed by atoms with E-state index in [-0.39, 0.29) is 25.4 Å². The monoisotopic (exact) mass is 324 g/mol. The van der Waals surface area contributed by atoms with Crippen LogP contribution in [0.15, 0.2) is 30.3 Å². The van der Waals surface area contributed by atoms with Gasteiger partial charge in [0.25, 0.3) is 5.09 Å². The summed E-state index contributed by atoms with van der Waals surface area (Å²) in [5.41, 5.74) is 0.831. The summed E-state index contributed by atoms with van der Waals surface area (Å²) in [4.78, 5) is 37.1. The molecule has 8 heteroatoms. The van der Waals surface area contributed by atoms with Crippen LogP contribution >= 0.6 is 0 Å². The normalized spacial score (nSPS) is 11.5. The predicted octanol–water partition coefficient (Wildman–Crippen LogP) is 1.57. The van der Waals surface area contributed by atoms with Crippen LogP contribution < -0.4 is 5.32 Å². The van der Waals surface area contributed by atoms with E-state index in [2.05, 4.69) is 10.2 Å². The Balaban J connectivity index is 2.29. The van der Waals surface area contributed by atoms with E-state index in [1.165, 1.54) is 0 Å². The van der Waals surface area contributed by atoms with E-state index in [1.807, 2.05) is 18.2 Å². The number of nitrogens with zero attached hydrogens (tertiary/aromatic N) is 1. The van der Waals surface area contributed by atoms with Gasteiger partial charge < -0.3 is 15.3 Å². The Labute approximate surface area is 133 Å². The largest absolute Gasteiger partial charge is 0.480 e. The number of amides is 1. The maximum absolute atomic E-state index is 11.8. The SMILES string of the molecule is O=C(CCCCCO[N+](=O)[O-])NC(Cc1ccccc1)C(=O)O. The standard InChI is InChI=1S/C15H20N2O6/c18-14(9-5-2-6-10-23-17(21)22)16-13(15(19)20)11-12-7-3-1-4-8-12/h1,3-4,7-8,13H,2,5-6,9-11H2,(H,16,18)(H,19,20). The highest BCUT2D eigenvalue weighted by atomic mass is 16.9. The highest BCUT2D eigenvalue weighted by molar-refractivity contribution is 5.83. The molecule has 0 aromatic heterocycles. The number of carbonyl (C=O) groups excluding carboxylic acids is 1. The van der Waals surface area contributed by atoms with Crippen molar-refractivity contribution in [3.63, 3.8) is 0 Å². The molecule has 1 unspecified atom stereocenters. The van der Waals surface area contributed by atoms with Crippen molar-refractivity contribution < 1.29 is 24.6 Å². The molecule has 1 aromatic carbocycles. The minimum absolute atomic E-state index is 0.000374. The van der Waals surface area contributed by atoms with Crippen molar-refractivity contribution in [2.45, 2.75) is 38.1 Å². The molecule has 0 fully saturated rings. The van der Waals surface area contributed by atoms with E-state index in [1.54, 1.807) is 12.1 Å². The van der Waals surface area contributed by atoms with Gasteiger partial charge in [-0.3, -0.25) is 4.79 Å². The third-order valence-corrected chi connectivity index (χ3v) is 3.16. The van der Waals surface area contributed by atoms with Crippen molar-refractivity contribution in [1.82, 2.24) is 5.32 Å². The van der Waals surface area contributed by atoms with E-state index < -0.39 is 17.1 Å². The number of hydrogen-bond donors (Lipinski definition) is 2. The molecule has 0 aliphatic heterocycles. The number of aliphatic carboxylic acids is 1. The molecule has 0 saturated heterocycles. The zero-order chi connectivity index (χ0) is 17.1. The molecule has 0 heterocycles. The number of carboxylic acids is 1. The number of benzene rings is 1. The molecule has 0 bridgehead atoms. The van der Waals surface area contributed by atoms with Crippen LogP contribution in [0.4, 0.5) is 0 Å². The summed E-state index contributed by atoms with van der Waals surface area (Å²) in [6.07, 6.45) is 1.98. The minimum atomic E-state index is -1.08. The van der Waals surface area contributed by atoms with Gasteiger partial charge >= 0.3 is 5.97 Å². The van der Waals surface area contributed by atoms with Crippen molar-refractivity contribution in [2.24, 2.45) is 0 Å². The van der Waals surface area contributed by atoms with Crippen molar-refractivity contribution in [2.75, 3.05) is 6.61 Å². The first kappa shape index (κ1) is 18.4. The number of carboxylic acid groups (broad SMARTS) is 1. The second-order valence-corrected chi connectivity index (χ2v) is 5.02. The van der Waals surface area contributed by atoms with Gasteiger partial charge in [0, 0.05) is 12.8 Å². The van der Waals surface area contributed by atoms with E-state index in [9.17, 15) is 24.8 Å². The predicted molar refractivity (Wildman–Crippen MR) is 81.1 cm³/mol. The van der Waals surface area contributed by atoms with E-state index in [4.69, 9.17) is 0 Å². The third kappa shape index (κ3) is 8.40. The van der Waals surface area contributed by atoms with Gasteiger partial charge in [0.2, 0.25) is 5.91 Å². The molecule has 1 atom stereocenters. The lowest BCUT2D eigenvalue weighted by Gasteiger charge is -2.14. The Kier molecular flexibility index (Phi) is 8.12. The average molecular weight is 324 g/mol. The summed E-state index contributed by atoms with van der Waals surface area (Å²) in [5, 5.41) is 20.8. The highest BCUT2D eigenvalue weighted by Gasteiger charge is 2.19. The van der Waals surface area contributed by atoms with E-state index >= 15 is 0 Å². The van der Waals surface area contributed by atoms with Gasteiger partial charge in [0.15, 0.2) is 0 Å². The molecule has 2 N–H and O–H groups in total. The molecule has 0 spiro atoms. The minimum Gasteiger partial charge on any atom is -0.480 e. The first-order valence-corrected chi connectivity index (χ1v) is 7.32. The van der Waals surface area contributed by atoms with Crippen molar-refractivity contribution in [1.29, 1.82) is 0 Å². The third-order valence-electron chi connectivity index (χ3n) is 3.16. The lowest BCUT2D eigenvalue weighted by Crippen LogP contribution is -2.42. The Morgan fingerprint density at radius 1 is 1.22 bits per heavy atom. The van der Waals surface area contributed by atoms with Gasteiger partial charge in [0.1, 0.15) is 6.04 Å². The molecule has 0 aliphatic rings. The van der Waals surface area contributed by atoms with Gasteiger partial charge in [0.05, 0.1) is 6.61 Å². The van der Waals surface area contributed by atoms with Crippen LogP contribution in [0, 0.1) is 10.1 Å². The van der Waals surface area contributed by atoms with Crippen molar-refractivity contribution in [3.8, 4) is 0 Å². The van der Waals surface area contributed by atoms with Crippen molar-refractivity contribution >= 4 is 11.9 Å². The van der Waals surface area contributed by atoms with Crippen molar-refractivity contribution in [3.05, 3.63) is 46.0 Å². The van der Waals surface area contributed by atoms with Crippen LogP contribution in [0.1, 0.15) is 31.2 Å². The quantitative estimate of drug-likeness (QED) is 0.362. The molecule has 0 saturated carbocycles. The van der Waals surface area contributed by atoms with Gasteiger partial charge in [-0.05, 0) is 18.4 Å². The number of unbranched alkanes of at least 4 members (excludes halogenated alkanes) is 2. The van der Waals surface area contributed by atoms with Crippen LogP contribution in [0.25, 0.3) is 0 Å². The molecular formula is C15H20N2O6. The number of hydrogen-bond acceptors (Lipinski definition) is 5. The fourth-order valence-corrected chi connectivity index (χ4v) is 2.02. The lowest BCUT2D eigenvalue weighted by molar-refractivity contribution is -0.757. The molecule has 1 rings (SSSR count). The van der Waals surface area contributed by atoms with Crippen LogP contribution in [0.2, 0.25) is 0 Å². The molecule has 0 radical (unpaired) electrons. The summed E-state index contributed by atoms with van der Waals surface area (Å²) in [5.74, 6) is -1.43. The second-order valence-electron chi connectivity index (χ2n) is 5.02. The van der Waals surface area contributed by atoms with E-state index in [0.29, 0.717) is 19.3 Å². The average Bonchev–Trinajstić information content (AvgIpc) is 2.50. The Morgan fingerprint density at radius 3 is 2.52 bits per heavy atom. The van der Waals surface area contributed by atoms with Gasteiger partial charge in [-0.25, -0.2) is 4.79 Å². The fraction of sp³-hybridized carbons (Fsp3) is 0.467. The van der Waals surface area contributed by atoms with Crippen LogP contribution in [-0.4, -0.2) is 34.7 Å². The Morgan fingerprint density at radius 2 is 1.91 bits per heavy atom. The maximum atomic E-state index is 11.8. The lowest BCUT2D eigenvalue weighted by atomic mass is 10.1.